The van der Waals surface area contributed by atoms with Gasteiger partial charge in [0.15, 0.2) is 17.3 Å². The average Bonchev–Trinajstić information content (AvgIpc) is 3.34. The molecule has 0 bridgehead atoms. The molecule has 0 atom stereocenters. The van der Waals surface area contributed by atoms with E-state index in [2.05, 4.69) is 10.5 Å². The smallest absolute Gasteiger partial charge is 0.244 e. The molecule has 1 aromatic heterocycles. The van der Waals surface area contributed by atoms with Crippen molar-refractivity contribution < 1.29 is 18.8 Å². The number of nitrogens with one attached hydrogen (secondary N) is 1. The van der Waals surface area contributed by atoms with Crippen molar-refractivity contribution in [3.05, 3.63) is 71.9 Å². The van der Waals surface area contributed by atoms with Crippen molar-refractivity contribution in [1.82, 2.24) is 10.5 Å². The third-order valence-electron chi connectivity index (χ3n) is 3.88. The molecule has 0 spiro atoms. The number of rotatable bonds is 5. The van der Waals surface area contributed by atoms with E-state index < -0.39 is 0 Å². The summed E-state index contributed by atoms with van der Waals surface area (Å²) in [6.07, 6.45) is 3.19. The molecule has 2 heterocycles. The predicted octanol–water partition coefficient (Wildman–Crippen LogP) is 3.40. The van der Waals surface area contributed by atoms with E-state index in [1.807, 2.05) is 54.6 Å². The molecule has 0 radical (unpaired) electrons. The fourth-order valence-electron chi connectivity index (χ4n) is 2.56. The van der Waals surface area contributed by atoms with Gasteiger partial charge >= 0.3 is 0 Å². The Balaban J connectivity index is 1.33. The molecule has 0 unspecified atom stereocenters. The number of amides is 1. The van der Waals surface area contributed by atoms with Crippen molar-refractivity contribution in [3.8, 4) is 22.8 Å². The second-order valence-corrected chi connectivity index (χ2v) is 5.71. The number of benzene rings is 2. The molecule has 0 aliphatic carbocycles. The summed E-state index contributed by atoms with van der Waals surface area (Å²) in [7, 11) is 0. The highest BCUT2D eigenvalue weighted by molar-refractivity contribution is 5.91. The van der Waals surface area contributed by atoms with Gasteiger partial charge in [-0.3, -0.25) is 4.79 Å². The molecule has 1 aliphatic rings. The minimum atomic E-state index is -0.216. The summed E-state index contributed by atoms with van der Waals surface area (Å²) in [5, 5.41) is 6.76. The van der Waals surface area contributed by atoms with Crippen molar-refractivity contribution in [2.75, 3.05) is 6.79 Å². The van der Waals surface area contributed by atoms with Gasteiger partial charge < -0.3 is 19.3 Å². The Morgan fingerprint density at radius 2 is 1.92 bits per heavy atom. The lowest BCUT2D eigenvalue weighted by atomic mass is 10.1. The largest absolute Gasteiger partial charge is 0.454 e. The van der Waals surface area contributed by atoms with Crippen molar-refractivity contribution in [2.24, 2.45) is 0 Å². The topological polar surface area (TPSA) is 73.6 Å². The van der Waals surface area contributed by atoms with Crippen LogP contribution >= 0.6 is 0 Å². The fraction of sp³-hybridized carbons (Fsp3) is 0.100. The lowest BCUT2D eigenvalue weighted by molar-refractivity contribution is -0.116. The number of aromatic nitrogens is 1. The Hall–Kier alpha value is -3.54. The van der Waals surface area contributed by atoms with E-state index in [4.69, 9.17) is 14.0 Å². The van der Waals surface area contributed by atoms with Crippen LogP contribution in [0.2, 0.25) is 0 Å². The number of hydrogen-bond donors (Lipinski definition) is 1. The van der Waals surface area contributed by atoms with Gasteiger partial charge in [-0.05, 0) is 23.8 Å². The van der Waals surface area contributed by atoms with E-state index in [1.54, 1.807) is 6.08 Å². The molecule has 6 nitrogen and oxygen atoms in total. The summed E-state index contributed by atoms with van der Waals surface area (Å²) in [4.78, 5) is 12.0. The number of nitrogens with zero attached hydrogens (tertiary/aromatic N) is 1. The molecule has 1 N–H and O–H groups in total. The van der Waals surface area contributed by atoms with Crippen molar-refractivity contribution in [2.45, 2.75) is 6.54 Å². The Morgan fingerprint density at radius 3 is 2.81 bits per heavy atom. The van der Waals surface area contributed by atoms with Crippen LogP contribution in [0.3, 0.4) is 0 Å². The Labute approximate surface area is 150 Å². The molecule has 0 saturated heterocycles. The van der Waals surface area contributed by atoms with Crippen LogP contribution in [0, 0.1) is 0 Å². The summed E-state index contributed by atoms with van der Waals surface area (Å²) >= 11 is 0. The van der Waals surface area contributed by atoms with Crippen LogP contribution in [0.1, 0.15) is 11.3 Å². The quantitative estimate of drug-likeness (QED) is 0.716. The zero-order valence-electron chi connectivity index (χ0n) is 13.8. The van der Waals surface area contributed by atoms with E-state index in [0.717, 1.165) is 11.1 Å². The summed E-state index contributed by atoms with van der Waals surface area (Å²) in [6, 6.07) is 17.0. The highest BCUT2D eigenvalue weighted by Gasteiger charge is 2.12. The SMILES string of the molecule is O=C(/C=C\c1ccc2c(c1)OCO2)NCc1cc(-c2ccccc2)on1. The van der Waals surface area contributed by atoms with Crippen LogP contribution < -0.4 is 14.8 Å². The van der Waals surface area contributed by atoms with Gasteiger partial charge in [0.2, 0.25) is 12.7 Å². The third kappa shape index (κ3) is 3.59. The maximum Gasteiger partial charge on any atom is 0.244 e. The van der Waals surface area contributed by atoms with E-state index in [0.29, 0.717) is 29.5 Å². The van der Waals surface area contributed by atoms with Gasteiger partial charge in [-0.15, -0.1) is 0 Å². The third-order valence-corrected chi connectivity index (χ3v) is 3.88. The molecule has 4 rings (SSSR count). The van der Waals surface area contributed by atoms with Crippen LogP contribution in [0.4, 0.5) is 0 Å². The second kappa shape index (κ2) is 7.14. The van der Waals surface area contributed by atoms with Crippen LogP contribution in [0.25, 0.3) is 17.4 Å². The molecule has 0 saturated carbocycles. The Kier molecular flexibility index (Phi) is 4.38. The van der Waals surface area contributed by atoms with E-state index in [-0.39, 0.29) is 12.7 Å². The van der Waals surface area contributed by atoms with Gasteiger partial charge in [0.1, 0.15) is 5.69 Å². The number of carbonyl (C=O) groups excluding carboxylic acids is 1. The van der Waals surface area contributed by atoms with Gasteiger partial charge in [0.05, 0.1) is 6.54 Å². The highest BCUT2D eigenvalue weighted by Crippen LogP contribution is 2.32. The Bertz CT molecular complexity index is 947. The lowest BCUT2D eigenvalue weighted by Gasteiger charge is -1.99. The first-order chi connectivity index (χ1) is 12.8. The van der Waals surface area contributed by atoms with E-state index >= 15 is 0 Å². The van der Waals surface area contributed by atoms with Gasteiger partial charge in [0.25, 0.3) is 0 Å². The minimum Gasteiger partial charge on any atom is -0.454 e. The number of ether oxygens (including phenoxy) is 2. The summed E-state index contributed by atoms with van der Waals surface area (Å²) in [5.74, 6) is 1.85. The van der Waals surface area contributed by atoms with Crippen molar-refractivity contribution >= 4 is 12.0 Å². The van der Waals surface area contributed by atoms with E-state index in [9.17, 15) is 4.79 Å². The minimum absolute atomic E-state index is 0.216. The first-order valence-electron chi connectivity index (χ1n) is 8.14. The lowest BCUT2D eigenvalue weighted by Crippen LogP contribution is -2.20. The zero-order valence-corrected chi connectivity index (χ0v) is 13.8. The average molecular weight is 348 g/mol. The van der Waals surface area contributed by atoms with Crippen LogP contribution in [0.5, 0.6) is 11.5 Å². The molecule has 26 heavy (non-hydrogen) atoms. The standard InChI is InChI=1S/C20H16N2O4/c23-20(9-7-14-6-8-17-19(10-14)25-13-24-17)21-12-16-11-18(26-22-16)15-4-2-1-3-5-15/h1-11H,12-13H2,(H,21,23)/b9-7-. The summed E-state index contributed by atoms with van der Waals surface area (Å²) in [5.41, 5.74) is 2.46. The first kappa shape index (κ1) is 16.0. The molecule has 0 fully saturated rings. The number of hydrogen-bond acceptors (Lipinski definition) is 5. The first-order valence-corrected chi connectivity index (χ1v) is 8.14. The van der Waals surface area contributed by atoms with Gasteiger partial charge in [-0.25, -0.2) is 0 Å². The molecule has 3 aromatic rings. The Morgan fingerprint density at radius 1 is 1.08 bits per heavy atom. The number of fused-ring (bicyclic) bond motifs is 1. The van der Waals surface area contributed by atoms with Crippen LogP contribution in [-0.4, -0.2) is 17.9 Å². The zero-order chi connectivity index (χ0) is 17.8. The molecule has 6 heteroatoms. The molecular formula is C20H16N2O4. The van der Waals surface area contributed by atoms with Crippen LogP contribution in [-0.2, 0) is 11.3 Å². The van der Waals surface area contributed by atoms with Gasteiger partial charge in [-0.1, -0.05) is 41.6 Å². The molecular weight excluding hydrogens is 332 g/mol. The molecule has 1 aliphatic heterocycles. The summed E-state index contributed by atoms with van der Waals surface area (Å²) < 4.78 is 15.9. The monoisotopic (exact) mass is 348 g/mol. The predicted molar refractivity (Wildman–Crippen MR) is 95.4 cm³/mol. The normalized spacial score (nSPS) is 12.5. The maximum atomic E-state index is 12.0. The van der Waals surface area contributed by atoms with Crippen molar-refractivity contribution in [1.29, 1.82) is 0 Å². The van der Waals surface area contributed by atoms with Crippen LogP contribution in [0.15, 0.2) is 65.2 Å². The van der Waals surface area contributed by atoms with E-state index in [1.165, 1.54) is 6.08 Å². The summed E-state index contributed by atoms with van der Waals surface area (Å²) in [6.45, 7) is 0.520. The number of carbonyl (C=O) groups is 1. The molecule has 130 valence electrons. The second-order valence-electron chi connectivity index (χ2n) is 5.71. The highest BCUT2D eigenvalue weighted by atomic mass is 16.7. The van der Waals surface area contributed by atoms with Crippen molar-refractivity contribution in [3.63, 3.8) is 0 Å². The maximum absolute atomic E-state index is 12.0. The van der Waals surface area contributed by atoms with Gasteiger partial charge in [0, 0.05) is 17.7 Å². The molecule has 1 amide bonds. The fourth-order valence-corrected chi connectivity index (χ4v) is 2.56. The molecule has 2 aromatic carbocycles. The van der Waals surface area contributed by atoms with Gasteiger partial charge in [-0.2, -0.15) is 0 Å².